The number of ether oxygens (including phenoxy) is 1. The Labute approximate surface area is 279 Å². The molecule has 0 aliphatic carbocycles. The average molecular weight is 723 g/mol. The van der Waals surface area contributed by atoms with E-state index >= 15 is 4.39 Å². The van der Waals surface area contributed by atoms with Crippen molar-refractivity contribution < 1.29 is 45.1 Å². The van der Waals surface area contributed by atoms with Crippen LogP contribution in [0.5, 0.6) is 5.75 Å². The first-order valence-corrected chi connectivity index (χ1v) is 15.7. The van der Waals surface area contributed by atoms with Crippen LogP contribution in [0.4, 0.5) is 30.7 Å². The van der Waals surface area contributed by atoms with Gasteiger partial charge >= 0.3 is 18.1 Å². The summed E-state index contributed by atoms with van der Waals surface area (Å²) in [5.74, 6) is -2.22. The molecule has 49 heavy (non-hydrogen) atoms. The van der Waals surface area contributed by atoms with Crippen molar-refractivity contribution in [2.45, 2.75) is 39.0 Å². The van der Waals surface area contributed by atoms with Gasteiger partial charge in [-0.3, -0.25) is 4.52 Å². The van der Waals surface area contributed by atoms with Crippen molar-refractivity contribution in [3.63, 3.8) is 0 Å². The number of benzene rings is 3. The molecule has 0 saturated heterocycles. The van der Waals surface area contributed by atoms with Crippen molar-refractivity contribution in [2.24, 2.45) is 0 Å². The minimum Gasteiger partial charge on any atom is -0.488 e. The summed E-state index contributed by atoms with van der Waals surface area (Å²) in [4.78, 5) is 22.2. The van der Waals surface area contributed by atoms with Crippen LogP contribution >= 0.6 is 22.7 Å². The number of hydrogen-bond donors (Lipinski definition) is 1. The van der Waals surface area contributed by atoms with E-state index in [0.717, 1.165) is 46.2 Å². The maximum absolute atomic E-state index is 15.4. The van der Waals surface area contributed by atoms with Gasteiger partial charge < -0.3 is 9.84 Å². The summed E-state index contributed by atoms with van der Waals surface area (Å²) < 4.78 is 104. The molecule has 0 aliphatic rings. The Morgan fingerprint density at radius 2 is 1.39 bits per heavy atom. The smallest absolute Gasteiger partial charge is 0.444 e. The fourth-order valence-corrected chi connectivity index (χ4v) is 6.77. The van der Waals surface area contributed by atoms with E-state index in [-0.39, 0.29) is 39.3 Å². The quantitative estimate of drug-likeness (QED) is 0.157. The molecule has 1 N–H and O–H groups in total. The number of hydrogen-bond acceptors (Lipinski definition) is 9. The van der Waals surface area contributed by atoms with E-state index in [0.29, 0.717) is 26.7 Å². The molecular formula is C32H21F7N4O4S2. The Kier molecular flexibility index (Phi) is 8.93. The van der Waals surface area contributed by atoms with Gasteiger partial charge in [0.15, 0.2) is 12.1 Å². The van der Waals surface area contributed by atoms with Gasteiger partial charge in [0.05, 0.1) is 37.8 Å². The predicted octanol–water partition coefficient (Wildman–Crippen LogP) is 8.66. The third-order valence-corrected chi connectivity index (χ3v) is 9.74. The Bertz CT molecular complexity index is 2190. The number of halogens is 7. The van der Waals surface area contributed by atoms with Crippen LogP contribution in [0.3, 0.4) is 0 Å². The van der Waals surface area contributed by atoms with Gasteiger partial charge in [0.25, 0.3) is 0 Å². The fraction of sp³-hybridized carbons (Fsp3) is 0.188. The number of thiazole rings is 2. The van der Waals surface area contributed by atoms with Gasteiger partial charge in [-0.25, -0.2) is 23.7 Å². The Morgan fingerprint density at radius 1 is 0.837 bits per heavy atom. The monoisotopic (exact) mass is 722 g/mol. The summed E-state index contributed by atoms with van der Waals surface area (Å²) in [5.41, 5.74) is -0.126. The zero-order valence-corrected chi connectivity index (χ0v) is 26.7. The first-order chi connectivity index (χ1) is 23.1. The zero-order chi connectivity index (χ0) is 35.2. The van der Waals surface area contributed by atoms with E-state index in [4.69, 9.17) is 9.26 Å². The summed E-state index contributed by atoms with van der Waals surface area (Å²) in [6.07, 6.45) is -10.7. The molecule has 1 unspecified atom stereocenters. The summed E-state index contributed by atoms with van der Waals surface area (Å²) in [5, 5.41) is 15.6. The van der Waals surface area contributed by atoms with E-state index < -0.39 is 41.3 Å². The fourth-order valence-electron chi connectivity index (χ4n) is 4.74. The first-order valence-electron chi connectivity index (χ1n) is 14.1. The molecule has 0 aliphatic heterocycles. The molecule has 0 spiro atoms. The van der Waals surface area contributed by atoms with Gasteiger partial charge in [-0.1, -0.05) is 29.4 Å². The standard InChI is InChI=1S/C32H21F7N4O4S2/c1-15-24(48-27(40-15)17-3-7-19(8-4-17)31(34,35)36)14-46-21-11-12-22(23(33)13-21)26-42-47-30(45)43(26)29(44)25-16(2)41-28(49-25)18-5-9-20(10-6-18)32(37,38)39/h3-13,29,44H,14H2,1-2H3. The van der Waals surface area contributed by atoms with Crippen LogP contribution in [0.1, 0.15) is 38.5 Å². The average Bonchev–Trinajstić information content (AvgIpc) is 3.75. The van der Waals surface area contributed by atoms with Gasteiger partial charge in [-0.2, -0.15) is 26.3 Å². The summed E-state index contributed by atoms with van der Waals surface area (Å²) >= 11 is 2.13. The van der Waals surface area contributed by atoms with Crippen LogP contribution in [0, 0.1) is 19.7 Å². The van der Waals surface area contributed by atoms with E-state index in [9.17, 15) is 36.2 Å². The van der Waals surface area contributed by atoms with E-state index in [1.165, 1.54) is 54.7 Å². The van der Waals surface area contributed by atoms with E-state index in [2.05, 4.69) is 15.1 Å². The molecule has 0 amide bonds. The number of rotatable bonds is 8. The topological polar surface area (TPSA) is 103 Å². The summed E-state index contributed by atoms with van der Waals surface area (Å²) in [6, 6.07) is 12.6. The second kappa shape index (κ2) is 12.9. The highest BCUT2D eigenvalue weighted by Crippen LogP contribution is 2.37. The maximum Gasteiger partial charge on any atom is 0.444 e. The normalized spacial score (nSPS) is 12.8. The third kappa shape index (κ3) is 7.00. The van der Waals surface area contributed by atoms with Crippen molar-refractivity contribution in [1.82, 2.24) is 19.7 Å². The highest BCUT2D eigenvalue weighted by Gasteiger charge is 2.32. The van der Waals surface area contributed by atoms with E-state index in [1.54, 1.807) is 6.92 Å². The minimum absolute atomic E-state index is 0.0256. The molecule has 0 bridgehead atoms. The lowest BCUT2D eigenvalue weighted by atomic mass is 10.1. The number of aryl methyl sites for hydroxylation is 2. The van der Waals surface area contributed by atoms with Gasteiger partial charge in [0.2, 0.25) is 0 Å². The van der Waals surface area contributed by atoms with Crippen LogP contribution in [0.2, 0.25) is 0 Å². The van der Waals surface area contributed by atoms with Crippen molar-refractivity contribution >= 4 is 22.7 Å². The lowest BCUT2D eigenvalue weighted by Gasteiger charge is -2.12. The van der Waals surface area contributed by atoms with Crippen molar-refractivity contribution in [3.8, 4) is 38.3 Å². The molecule has 254 valence electrons. The number of aliphatic hydroxyl groups is 1. The van der Waals surface area contributed by atoms with Crippen LogP contribution in [-0.4, -0.2) is 24.8 Å². The van der Waals surface area contributed by atoms with Crippen LogP contribution in [0.15, 0.2) is 76.0 Å². The molecule has 6 rings (SSSR count). The second-order valence-electron chi connectivity index (χ2n) is 10.6. The zero-order valence-electron chi connectivity index (χ0n) is 25.1. The predicted molar refractivity (Wildman–Crippen MR) is 165 cm³/mol. The third-order valence-electron chi connectivity index (χ3n) is 7.31. The lowest BCUT2D eigenvalue weighted by Crippen LogP contribution is -2.22. The van der Waals surface area contributed by atoms with Crippen molar-refractivity contribution in [1.29, 1.82) is 0 Å². The Morgan fingerprint density at radius 3 is 1.94 bits per heavy atom. The van der Waals surface area contributed by atoms with Crippen molar-refractivity contribution in [3.05, 3.63) is 115 Å². The number of aliphatic hydroxyl groups excluding tert-OH is 1. The van der Waals surface area contributed by atoms with Gasteiger partial charge in [-0.05, 0) is 50.2 Å². The molecule has 3 aromatic carbocycles. The minimum atomic E-state index is -4.52. The molecule has 1 atom stereocenters. The Balaban J connectivity index is 1.19. The highest BCUT2D eigenvalue weighted by molar-refractivity contribution is 7.15. The molecule has 3 aromatic heterocycles. The van der Waals surface area contributed by atoms with Crippen LogP contribution in [0.25, 0.3) is 32.5 Å². The molecular weight excluding hydrogens is 701 g/mol. The number of nitrogens with zero attached hydrogens (tertiary/aromatic N) is 4. The SMILES string of the molecule is Cc1nc(-c2ccc(C(F)(F)F)cc2)sc1COc1ccc(-c2noc(=O)n2C(O)c2sc(-c3ccc(C(F)(F)F)cc3)nc2C)c(F)c1. The molecule has 3 heterocycles. The first kappa shape index (κ1) is 34.0. The van der Waals surface area contributed by atoms with E-state index in [1.807, 2.05) is 0 Å². The van der Waals surface area contributed by atoms with Crippen LogP contribution in [-0.2, 0) is 19.0 Å². The van der Waals surface area contributed by atoms with Crippen LogP contribution < -0.4 is 10.5 Å². The molecule has 0 radical (unpaired) electrons. The molecule has 8 nitrogen and oxygen atoms in total. The molecule has 6 aromatic rings. The van der Waals surface area contributed by atoms with Gasteiger partial charge in [0.1, 0.15) is 28.2 Å². The molecule has 0 saturated carbocycles. The largest absolute Gasteiger partial charge is 0.488 e. The molecule has 0 fully saturated rings. The maximum atomic E-state index is 15.4. The summed E-state index contributed by atoms with van der Waals surface area (Å²) in [6.45, 7) is 3.21. The number of alkyl halides is 6. The second-order valence-corrected chi connectivity index (χ2v) is 12.7. The molecule has 17 heteroatoms. The van der Waals surface area contributed by atoms with Gasteiger partial charge in [0, 0.05) is 17.2 Å². The van der Waals surface area contributed by atoms with Crippen molar-refractivity contribution in [2.75, 3.05) is 0 Å². The highest BCUT2D eigenvalue weighted by atomic mass is 32.1. The lowest BCUT2D eigenvalue weighted by molar-refractivity contribution is -0.138. The summed E-state index contributed by atoms with van der Waals surface area (Å²) in [7, 11) is 0. The number of aromatic nitrogens is 4. The van der Waals surface area contributed by atoms with Gasteiger partial charge in [-0.15, -0.1) is 22.7 Å². The Hall–Kier alpha value is -4.87.